The molecule has 2 aliphatic heterocycles. The lowest BCUT2D eigenvalue weighted by Crippen LogP contribution is -2.71. The Morgan fingerprint density at radius 1 is 1.32 bits per heavy atom. The first kappa shape index (κ1) is 22.3. The normalized spacial score (nSPS) is 24.5. The van der Waals surface area contributed by atoms with Crippen LogP contribution in [0, 0.1) is 10.1 Å². The van der Waals surface area contributed by atoms with Gasteiger partial charge in [0.2, 0.25) is 11.9 Å². The number of pyridine rings is 1. The van der Waals surface area contributed by atoms with Crippen molar-refractivity contribution in [3.63, 3.8) is 0 Å². The predicted octanol–water partition coefficient (Wildman–Crippen LogP) is -0.898. The Balaban J connectivity index is 1.89. The van der Waals surface area contributed by atoms with Gasteiger partial charge >= 0.3 is 11.9 Å². The standard InChI is InChI=1S/C17H18N4O9S/c1-17(2)11(15(25)26)20-13(24)9(14(20)31-17)18-12(23)10(16(27)30-3)19-6-7(21(28)29)4-5-8(19)22/h4-6,9-11,14H,1-3H3,(H,18,23)(H,25,26)/t9-,10?,11+,14-/m1/s1. The fraction of sp³-hybridized carbons (Fsp3) is 0.471. The van der Waals surface area contributed by atoms with Crippen molar-refractivity contribution in [2.24, 2.45) is 0 Å². The maximum atomic E-state index is 12.9. The van der Waals surface area contributed by atoms with E-state index in [0.717, 1.165) is 30.3 Å². The third-order valence-electron chi connectivity index (χ3n) is 5.06. The zero-order valence-electron chi connectivity index (χ0n) is 16.5. The number of amides is 2. The molecular formula is C17H18N4O9S. The van der Waals surface area contributed by atoms with Crippen LogP contribution < -0.4 is 10.9 Å². The van der Waals surface area contributed by atoms with Crippen LogP contribution in [0.5, 0.6) is 0 Å². The fourth-order valence-electron chi connectivity index (χ4n) is 3.64. The molecule has 0 spiro atoms. The Hall–Kier alpha value is -3.42. The van der Waals surface area contributed by atoms with E-state index in [-0.39, 0.29) is 0 Å². The van der Waals surface area contributed by atoms with Crippen molar-refractivity contribution in [3.8, 4) is 0 Å². The summed E-state index contributed by atoms with van der Waals surface area (Å²) in [7, 11) is 0.966. The third-order valence-corrected chi connectivity index (χ3v) is 6.63. The summed E-state index contributed by atoms with van der Waals surface area (Å²) >= 11 is 1.17. The van der Waals surface area contributed by atoms with Crippen LogP contribution in [-0.2, 0) is 23.9 Å². The number of carboxylic acids is 1. The molecule has 0 saturated carbocycles. The van der Waals surface area contributed by atoms with E-state index in [1.807, 2.05) is 0 Å². The van der Waals surface area contributed by atoms with Gasteiger partial charge in [0.15, 0.2) is 0 Å². The van der Waals surface area contributed by atoms with Crippen molar-refractivity contribution >= 4 is 41.2 Å². The number of nitrogens with one attached hydrogen (secondary N) is 1. The lowest BCUT2D eigenvalue weighted by atomic mass is 9.96. The van der Waals surface area contributed by atoms with Gasteiger partial charge < -0.3 is 20.1 Å². The van der Waals surface area contributed by atoms with E-state index in [9.17, 15) is 39.2 Å². The van der Waals surface area contributed by atoms with Crippen LogP contribution in [0.15, 0.2) is 23.1 Å². The number of fused-ring (bicyclic) bond motifs is 1. The van der Waals surface area contributed by atoms with E-state index in [1.165, 1.54) is 11.8 Å². The molecule has 1 unspecified atom stereocenters. The second kappa shape index (κ2) is 7.68. The number of nitrogens with zero attached hydrogens (tertiary/aromatic N) is 3. The van der Waals surface area contributed by atoms with Crippen molar-refractivity contribution in [2.45, 2.75) is 42.1 Å². The highest BCUT2D eigenvalue weighted by Gasteiger charge is 2.64. The molecule has 0 aliphatic carbocycles. The van der Waals surface area contributed by atoms with E-state index >= 15 is 0 Å². The minimum atomic E-state index is -1.92. The molecular weight excluding hydrogens is 436 g/mol. The molecule has 31 heavy (non-hydrogen) atoms. The summed E-state index contributed by atoms with van der Waals surface area (Å²) in [6, 6.07) is -2.41. The number of thioether (sulfide) groups is 1. The van der Waals surface area contributed by atoms with Crippen molar-refractivity contribution in [1.29, 1.82) is 0 Å². The smallest absolute Gasteiger partial charge is 0.338 e. The van der Waals surface area contributed by atoms with Gasteiger partial charge in [0, 0.05) is 16.9 Å². The molecule has 2 N–H and O–H groups in total. The van der Waals surface area contributed by atoms with Crippen molar-refractivity contribution in [3.05, 3.63) is 38.8 Å². The SMILES string of the molecule is COC(=O)C(C(=O)N[C@@H]1C(=O)N2[C@@H]1SC(C)(C)[C@@H]2C(=O)O)n1cc([N+](=O)[O-])ccc1=O. The number of nitro groups is 1. The average Bonchev–Trinajstić information content (AvgIpc) is 2.95. The van der Waals surface area contributed by atoms with E-state index in [0.29, 0.717) is 4.57 Å². The van der Waals surface area contributed by atoms with Gasteiger partial charge in [0.25, 0.3) is 17.2 Å². The number of carbonyl (C=O) groups is 4. The van der Waals surface area contributed by atoms with Gasteiger partial charge in [-0.1, -0.05) is 0 Å². The maximum Gasteiger partial charge on any atom is 0.338 e. The zero-order valence-corrected chi connectivity index (χ0v) is 17.3. The van der Waals surface area contributed by atoms with Crippen LogP contribution in [0.2, 0.25) is 0 Å². The maximum absolute atomic E-state index is 12.9. The lowest BCUT2D eigenvalue weighted by molar-refractivity contribution is -0.385. The number of ether oxygens (including phenoxy) is 1. The number of methoxy groups -OCH3 is 1. The molecule has 1 aromatic heterocycles. The minimum absolute atomic E-state index is 0.537. The van der Waals surface area contributed by atoms with Crippen LogP contribution >= 0.6 is 11.8 Å². The molecule has 2 aliphatic rings. The monoisotopic (exact) mass is 454 g/mol. The Morgan fingerprint density at radius 2 is 1.97 bits per heavy atom. The van der Waals surface area contributed by atoms with Gasteiger partial charge in [-0.15, -0.1) is 11.8 Å². The number of hydrogen-bond donors (Lipinski definition) is 2. The number of esters is 1. The molecule has 2 amide bonds. The first-order chi connectivity index (χ1) is 14.4. The van der Waals surface area contributed by atoms with Gasteiger partial charge in [-0.25, -0.2) is 9.59 Å². The number of aliphatic carboxylic acids is 1. The summed E-state index contributed by atoms with van der Waals surface area (Å²) in [5.41, 5.74) is -1.41. The number of aromatic nitrogens is 1. The highest BCUT2D eigenvalue weighted by Crippen LogP contribution is 2.50. The Kier molecular flexibility index (Phi) is 5.52. The minimum Gasteiger partial charge on any atom is -0.480 e. The molecule has 14 heteroatoms. The third kappa shape index (κ3) is 3.62. The zero-order chi connectivity index (χ0) is 23.2. The molecule has 166 valence electrons. The molecule has 2 fully saturated rings. The molecule has 3 heterocycles. The molecule has 0 aromatic carbocycles. The van der Waals surface area contributed by atoms with E-state index in [1.54, 1.807) is 13.8 Å². The number of carboxylic acid groups (broad SMARTS) is 1. The molecule has 0 bridgehead atoms. The Labute approximate surface area is 178 Å². The molecule has 1 aromatic rings. The van der Waals surface area contributed by atoms with Crippen molar-refractivity contribution in [1.82, 2.24) is 14.8 Å². The molecule has 2 saturated heterocycles. The summed E-state index contributed by atoms with van der Waals surface area (Å²) in [6.45, 7) is 3.31. The molecule has 13 nitrogen and oxygen atoms in total. The van der Waals surface area contributed by atoms with Crippen LogP contribution in [0.1, 0.15) is 19.9 Å². The topological polar surface area (TPSA) is 178 Å². The van der Waals surface area contributed by atoms with Gasteiger partial charge in [0.05, 0.1) is 18.2 Å². The molecule has 4 atom stereocenters. The summed E-state index contributed by atoms with van der Waals surface area (Å²) in [5.74, 6) is -4.11. The number of hydrogen-bond acceptors (Lipinski definition) is 9. The lowest BCUT2D eigenvalue weighted by Gasteiger charge is -2.43. The van der Waals surface area contributed by atoms with Crippen LogP contribution in [0.4, 0.5) is 5.69 Å². The van der Waals surface area contributed by atoms with E-state index < -0.39 is 68.2 Å². The first-order valence-electron chi connectivity index (χ1n) is 8.88. The van der Waals surface area contributed by atoms with Gasteiger partial charge in [-0.3, -0.25) is 29.1 Å². The first-order valence-corrected chi connectivity index (χ1v) is 9.76. The highest BCUT2D eigenvalue weighted by atomic mass is 32.2. The second-order valence-corrected chi connectivity index (χ2v) is 9.17. The number of carbonyl (C=O) groups excluding carboxylic acids is 3. The predicted molar refractivity (Wildman–Crippen MR) is 104 cm³/mol. The summed E-state index contributed by atoms with van der Waals surface area (Å²) in [4.78, 5) is 72.8. The van der Waals surface area contributed by atoms with Crippen LogP contribution in [0.25, 0.3) is 0 Å². The fourth-order valence-corrected chi connectivity index (χ4v) is 5.26. The number of rotatable bonds is 6. The van der Waals surface area contributed by atoms with Crippen molar-refractivity contribution < 1.29 is 33.9 Å². The van der Waals surface area contributed by atoms with E-state index in [4.69, 9.17) is 0 Å². The summed E-state index contributed by atoms with van der Waals surface area (Å²) in [6.07, 6.45) is 0.728. The Morgan fingerprint density at radius 3 is 2.52 bits per heavy atom. The van der Waals surface area contributed by atoms with Crippen LogP contribution in [0.3, 0.4) is 0 Å². The largest absolute Gasteiger partial charge is 0.480 e. The second-order valence-electron chi connectivity index (χ2n) is 7.40. The van der Waals surface area contributed by atoms with Gasteiger partial charge in [-0.05, 0) is 13.8 Å². The van der Waals surface area contributed by atoms with Gasteiger partial charge in [0.1, 0.15) is 17.5 Å². The molecule has 3 rings (SSSR count). The number of β-lactam (4-membered cyclic amide) rings is 1. The van der Waals surface area contributed by atoms with Crippen LogP contribution in [-0.4, -0.2) is 72.6 Å². The van der Waals surface area contributed by atoms with Gasteiger partial charge in [-0.2, -0.15) is 0 Å². The highest BCUT2D eigenvalue weighted by molar-refractivity contribution is 8.01. The van der Waals surface area contributed by atoms with Crippen molar-refractivity contribution in [2.75, 3.05) is 7.11 Å². The summed E-state index contributed by atoms with van der Waals surface area (Å²) in [5, 5.41) is 22.1. The average molecular weight is 454 g/mol. The quantitative estimate of drug-likeness (QED) is 0.180. The Bertz CT molecular complexity index is 1050. The van der Waals surface area contributed by atoms with E-state index in [2.05, 4.69) is 10.1 Å². The molecule has 0 radical (unpaired) electrons. The summed E-state index contributed by atoms with van der Waals surface area (Å²) < 4.78 is 4.28.